The van der Waals surface area contributed by atoms with Crippen molar-refractivity contribution in [1.29, 1.82) is 0 Å². The van der Waals surface area contributed by atoms with Crippen LogP contribution in [0.1, 0.15) is 61.5 Å². The molecule has 3 aromatic rings. The van der Waals surface area contributed by atoms with Crippen molar-refractivity contribution in [3.05, 3.63) is 53.9 Å². The zero-order chi connectivity index (χ0) is 23.0. The molecule has 1 fully saturated rings. The highest BCUT2D eigenvalue weighted by atomic mass is 16.5. The highest BCUT2D eigenvalue weighted by Crippen LogP contribution is 2.34. The van der Waals surface area contributed by atoms with Gasteiger partial charge in [0.25, 0.3) is 5.91 Å². The van der Waals surface area contributed by atoms with E-state index in [0.717, 1.165) is 42.5 Å². The molecule has 5 rings (SSSR count). The number of rotatable bonds is 5. The molecule has 7 nitrogen and oxygen atoms in total. The molecule has 2 aliphatic rings. The number of nitrogens with zero attached hydrogens (tertiary/aromatic N) is 2. The summed E-state index contributed by atoms with van der Waals surface area (Å²) in [5.74, 6) is 0.457. The molecule has 0 saturated heterocycles. The normalized spacial score (nSPS) is 21.6. The molecule has 1 aliphatic carbocycles. The van der Waals surface area contributed by atoms with Crippen molar-refractivity contribution >= 4 is 22.9 Å². The van der Waals surface area contributed by atoms with Gasteiger partial charge in [0.15, 0.2) is 5.58 Å². The minimum Gasteiger partial charge on any atom is -0.497 e. The van der Waals surface area contributed by atoms with Crippen molar-refractivity contribution in [3.8, 4) is 5.75 Å². The van der Waals surface area contributed by atoms with Gasteiger partial charge in [-0.25, -0.2) is 0 Å². The molecule has 3 heterocycles. The molecule has 0 bridgehead atoms. The van der Waals surface area contributed by atoms with Gasteiger partial charge in [0.1, 0.15) is 17.0 Å². The van der Waals surface area contributed by atoms with Crippen LogP contribution in [0.4, 0.5) is 0 Å². The number of amides is 2. The monoisotopic (exact) mass is 449 g/mol. The molecule has 1 aliphatic heterocycles. The summed E-state index contributed by atoms with van der Waals surface area (Å²) >= 11 is 0. The highest BCUT2D eigenvalue weighted by molar-refractivity contribution is 6.02. The van der Waals surface area contributed by atoms with E-state index in [1.54, 1.807) is 24.3 Å². The first kappa shape index (κ1) is 21.6. The first-order valence-electron chi connectivity index (χ1n) is 11.8. The lowest BCUT2D eigenvalue weighted by molar-refractivity contribution is -0.134. The van der Waals surface area contributed by atoms with Crippen LogP contribution in [0.25, 0.3) is 11.1 Å². The van der Waals surface area contributed by atoms with Crippen LogP contribution >= 0.6 is 0 Å². The number of methoxy groups -OCH3 is 1. The SMILES string of the molecule is COc1cccc(CN2C(=O)c3cc4occc4n3CC2(C)C(=O)NC2CCCCCC2)c1. The third kappa shape index (κ3) is 3.90. The van der Waals surface area contributed by atoms with E-state index in [2.05, 4.69) is 5.32 Å². The molecule has 2 aromatic heterocycles. The van der Waals surface area contributed by atoms with Gasteiger partial charge >= 0.3 is 0 Å². The van der Waals surface area contributed by atoms with Crippen LogP contribution in [0.15, 0.2) is 47.1 Å². The number of aromatic nitrogens is 1. The van der Waals surface area contributed by atoms with E-state index in [-0.39, 0.29) is 17.9 Å². The Kier molecular flexibility index (Phi) is 5.64. The zero-order valence-electron chi connectivity index (χ0n) is 19.3. The minimum atomic E-state index is -1.04. The summed E-state index contributed by atoms with van der Waals surface area (Å²) in [5.41, 5.74) is 1.93. The van der Waals surface area contributed by atoms with Crippen LogP contribution in [0, 0.1) is 0 Å². The Morgan fingerprint density at radius 2 is 1.97 bits per heavy atom. The van der Waals surface area contributed by atoms with Crippen LogP contribution in [0.5, 0.6) is 5.75 Å². The Labute approximate surface area is 193 Å². The summed E-state index contributed by atoms with van der Waals surface area (Å²) in [7, 11) is 1.62. The number of benzene rings is 1. The molecule has 1 saturated carbocycles. The van der Waals surface area contributed by atoms with E-state index in [0.29, 0.717) is 24.4 Å². The van der Waals surface area contributed by atoms with Gasteiger partial charge in [0.05, 0.1) is 25.4 Å². The minimum absolute atomic E-state index is 0.0957. The van der Waals surface area contributed by atoms with Crippen molar-refractivity contribution in [2.75, 3.05) is 7.11 Å². The van der Waals surface area contributed by atoms with Gasteiger partial charge in [-0.2, -0.15) is 0 Å². The molecule has 1 N–H and O–H groups in total. The second kappa shape index (κ2) is 8.61. The van der Waals surface area contributed by atoms with E-state index < -0.39 is 5.54 Å². The lowest BCUT2D eigenvalue weighted by atomic mass is 9.93. The van der Waals surface area contributed by atoms with Crippen LogP contribution in [-0.2, 0) is 17.9 Å². The standard InChI is InChI=1S/C26H31N3O4/c1-26(25(31)27-19-9-5-3-4-6-10-19)17-28-21-12-13-33-23(21)15-22(28)24(30)29(26)16-18-8-7-11-20(14-18)32-2/h7-8,11-15,19H,3-6,9-10,16-17H2,1-2H3,(H,27,31). The van der Waals surface area contributed by atoms with Crippen LogP contribution < -0.4 is 10.1 Å². The smallest absolute Gasteiger partial charge is 0.271 e. The Hall–Kier alpha value is -3.22. The quantitative estimate of drug-likeness (QED) is 0.582. The third-order valence-electron chi connectivity index (χ3n) is 7.20. The Morgan fingerprint density at radius 3 is 2.73 bits per heavy atom. The maximum Gasteiger partial charge on any atom is 0.271 e. The summed E-state index contributed by atoms with van der Waals surface area (Å²) in [6.07, 6.45) is 8.30. The lowest BCUT2D eigenvalue weighted by Gasteiger charge is -2.44. The predicted octanol–water partition coefficient (Wildman–Crippen LogP) is 4.50. The molecule has 0 spiro atoms. The van der Waals surface area contributed by atoms with Gasteiger partial charge in [-0.1, -0.05) is 37.8 Å². The van der Waals surface area contributed by atoms with Crippen molar-refractivity contribution < 1.29 is 18.7 Å². The van der Waals surface area contributed by atoms with Crippen LogP contribution in [-0.4, -0.2) is 40.0 Å². The van der Waals surface area contributed by atoms with Gasteiger partial charge in [-0.15, -0.1) is 0 Å². The second-order valence-electron chi connectivity index (χ2n) is 9.46. The summed E-state index contributed by atoms with van der Waals surface area (Å²) < 4.78 is 12.9. The van der Waals surface area contributed by atoms with E-state index >= 15 is 0 Å². The number of hydrogen-bond donors (Lipinski definition) is 1. The van der Waals surface area contributed by atoms with Crippen LogP contribution in [0.3, 0.4) is 0 Å². The molecule has 7 heteroatoms. The van der Waals surface area contributed by atoms with E-state index in [4.69, 9.17) is 9.15 Å². The molecule has 1 aromatic carbocycles. The number of carbonyl (C=O) groups excluding carboxylic acids is 2. The molecule has 33 heavy (non-hydrogen) atoms. The lowest BCUT2D eigenvalue weighted by Crippen LogP contribution is -2.64. The van der Waals surface area contributed by atoms with Gasteiger partial charge in [0.2, 0.25) is 5.91 Å². The topological polar surface area (TPSA) is 76.7 Å². The Balaban J connectivity index is 1.51. The first-order valence-corrected chi connectivity index (χ1v) is 11.8. The van der Waals surface area contributed by atoms with Crippen molar-refractivity contribution in [3.63, 3.8) is 0 Å². The van der Waals surface area contributed by atoms with E-state index in [1.807, 2.05) is 41.8 Å². The molecule has 2 amide bonds. The summed E-state index contributed by atoms with van der Waals surface area (Å²) in [6.45, 7) is 2.57. The summed E-state index contributed by atoms with van der Waals surface area (Å²) in [4.78, 5) is 29.3. The fourth-order valence-corrected chi connectivity index (χ4v) is 5.24. The highest BCUT2D eigenvalue weighted by Gasteiger charge is 2.48. The summed E-state index contributed by atoms with van der Waals surface area (Å²) in [6, 6.07) is 11.4. The van der Waals surface area contributed by atoms with Gasteiger partial charge in [-0.05, 0) is 37.5 Å². The maximum atomic E-state index is 13.8. The van der Waals surface area contributed by atoms with Gasteiger partial charge < -0.3 is 23.9 Å². The average molecular weight is 450 g/mol. The number of carbonyl (C=O) groups is 2. The van der Waals surface area contributed by atoms with Crippen LogP contribution in [0.2, 0.25) is 0 Å². The predicted molar refractivity (Wildman–Crippen MR) is 125 cm³/mol. The number of nitrogens with one attached hydrogen (secondary N) is 1. The largest absolute Gasteiger partial charge is 0.497 e. The van der Waals surface area contributed by atoms with Crippen molar-refractivity contribution in [1.82, 2.24) is 14.8 Å². The molecule has 1 unspecified atom stereocenters. The van der Waals surface area contributed by atoms with Crippen molar-refractivity contribution in [2.45, 2.75) is 70.1 Å². The Bertz CT molecular complexity index is 1170. The fraction of sp³-hybridized carbons (Fsp3) is 0.462. The number of furan rings is 1. The molecular formula is C26H31N3O4. The van der Waals surface area contributed by atoms with Gasteiger partial charge in [-0.3, -0.25) is 9.59 Å². The molecule has 1 atom stereocenters. The third-order valence-corrected chi connectivity index (χ3v) is 7.20. The van der Waals surface area contributed by atoms with E-state index in [9.17, 15) is 9.59 Å². The molecule has 0 radical (unpaired) electrons. The fourth-order valence-electron chi connectivity index (χ4n) is 5.24. The van der Waals surface area contributed by atoms with E-state index in [1.165, 1.54) is 12.8 Å². The number of hydrogen-bond acceptors (Lipinski definition) is 4. The Morgan fingerprint density at radius 1 is 1.18 bits per heavy atom. The number of ether oxygens (including phenoxy) is 1. The first-order chi connectivity index (χ1) is 16.0. The maximum absolute atomic E-state index is 13.8. The van der Waals surface area contributed by atoms with Gasteiger partial charge in [0, 0.05) is 24.7 Å². The summed E-state index contributed by atoms with van der Waals surface area (Å²) in [5, 5.41) is 3.30. The van der Waals surface area contributed by atoms with Crippen molar-refractivity contribution in [2.24, 2.45) is 0 Å². The molecule has 174 valence electrons. The number of fused-ring (bicyclic) bond motifs is 3. The molecular weight excluding hydrogens is 418 g/mol. The average Bonchev–Trinajstić information content (AvgIpc) is 3.31. The second-order valence-corrected chi connectivity index (χ2v) is 9.46. The zero-order valence-corrected chi connectivity index (χ0v) is 19.3.